The van der Waals surface area contributed by atoms with Crippen LogP contribution in [-0.2, 0) is 0 Å². The van der Waals surface area contributed by atoms with Crippen molar-refractivity contribution in [2.45, 2.75) is 26.8 Å². The summed E-state index contributed by atoms with van der Waals surface area (Å²) in [6.07, 6.45) is 0. The first kappa shape index (κ1) is 10.5. The number of rotatable bonds is 2. The number of furan rings is 1. The Morgan fingerprint density at radius 3 is 2.47 bits per heavy atom. The molecule has 0 amide bonds. The minimum atomic E-state index is -0.0614. The van der Waals surface area contributed by atoms with Gasteiger partial charge in [0.2, 0.25) is 0 Å². The maximum absolute atomic E-state index is 6.22. The topological polar surface area (TPSA) is 39.2 Å². The van der Waals surface area contributed by atoms with Crippen LogP contribution in [0, 0.1) is 20.8 Å². The minimum absolute atomic E-state index is 0.0614. The largest absolute Gasteiger partial charge is 0.466 e. The molecule has 80 valence electrons. The zero-order valence-electron chi connectivity index (χ0n) is 9.20. The maximum Gasteiger partial charge on any atom is 0.106 e. The van der Waals surface area contributed by atoms with Gasteiger partial charge in [-0.3, -0.25) is 0 Å². The standard InChI is InChI=1S/C12H15NOS/c1-7-6-11(8(2)14-7)12(13)10-4-5-15-9(10)3/h4-6,12H,13H2,1-3H3. The first-order chi connectivity index (χ1) is 7.09. The van der Waals surface area contributed by atoms with Gasteiger partial charge in [0.15, 0.2) is 0 Å². The van der Waals surface area contributed by atoms with Crippen molar-refractivity contribution < 1.29 is 4.42 Å². The normalized spacial score (nSPS) is 13.1. The molecule has 3 heteroatoms. The predicted molar refractivity (Wildman–Crippen MR) is 63.3 cm³/mol. The number of hydrogen-bond acceptors (Lipinski definition) is 3. The van der Waals surface area contributed by atoms with Crippen molar-refractivity contribution in [2.24, 2.45) is 5.73 Å². The highest BCUT2D eigenvalue weighted by Gasteiger charge is 2.17. The first-order valence-electron chi connectivity index (χ1n) is 4.96. The summed E-state index contributed by atoms with van der Waals surface area (Å²) >= 11 is 1.73. The highest BCUT2D eigenvalue weighted by atomic mass is 32.1. The summed E-state index contributed by atoms with van der Waals surface area (Å²) in [6, 6.07) is 4.05. The quantitative estimate of drug-likeness (QED) is 0.845. The Morgan fingerprint density at radius 2 is 2.00 bits per heavy atom. The lowest BCUT2D eigenvalue weighted by molar-refractivity contribution is 0.499. The van der Waals surface area contributed by atoms with Crippen molar-refractivity contribution in [2.75, 3.05) is 0 Å². The molecule has 0 aliphatic rings. The van der Waals surface area contributed by atoms with Gasteiger partial charge in [-0.15, -0.1) is 11.3 Å². The van der Waals surface area contributed by atoms with Crippen LogP contribution in [0.5, 0.6) is 0 Å². The van der Waals surface area contributed by atoms with Crippen molar-refractivity contribution in [3.8, 4) is 0 Å². The van der Waals surface area contributed by atoms with E-state index in [4.69, 9.17) is 10.2 Å². The molecular formula is C12H15NOS. The number of aryl methyl sites for hydroxylation is 3. The van der Waals surface area contributed by atoms with Crippen LogP contribution in [0.2, 0.25) is 0 Å². The Kier molecular flexibility index (Phi) is 2.67. The molecule has 0 bridgehead atoms. The molecule has 2 nitrogen and oxygen atoms in total. The second-order valence-electron chi connectivity index (χ2n) is 3.78. The molecule has 2 heterocycles. The molecule has 2 aromatic rings. The third-order valence-electron chi connectivity index (χ3n) is 2.65. The summed E-state index contributed by atoms with van der Waals surface area (Å²) in [7, 11) is 0. The van der Waals surface area contributed by atoms with Gasteiger partial charge in [-0.1, -0.05) is 0 Å². The van der Waals surface area contributed by atoms with Crippen molar-refractivity contribution in [3.63, 3.8) is 0 Å². The molecule has 2 N–H and O–H groups in total. The van der Waals surface area contributed by atoms with Gasteiger partial charge in [0, 0.05) is 10.4 Å². The Hall–Kier alpha value is -1.06. The first-order valence-corrected chi connectivity index (χ1v) is 5.84. The van der Waals surface area contributed by atoms with Gasteiger partial charge in [-0.2, -0.15) is 0 Å². The second-order valence-corrected chi connectivity index (χ2v) is 4.90. The lowest BCUT2D eigenvalue weighted by atomic mass is 10.0. The van der Waals surface area contributed by atoms with Crippen LogP contribution in [0.4, 0.5) is 0 Å². The summed E-state index contributed by atoms with van der Waals surface area (Å²) in [5.74, 6) is 1.84. The summed E-state index contributed by atoms with van der Waals surface area (Å²) in [5.41, 5.74) is 8.51. The molecule has 0 fully saturated rings. The van der Waals surface area contributed by atoms with E-state index < -0.39 is 0 Å². The SMILES string of the molecule is Cc1cc(C(N)c2ccsc2C)c(C)o1. The van der Waals surface area contributed by atoms with Crippen LogP contribution >= 0.6 is 11.3 Å². The van der Waals surface area contributed by atoms with Crippen LogP contribution in [0.25, 0.3) is 0 Å². The van der Waals surface area contributed by atoms with Gasteiger partial charge in [-0.25, -0.2) is 0 Å². The Bertz CT molecular complexity index is 470. The molecule has 0 radical (unpaired) electrons. The molecule has 0 aliphatic heterocycles. The Morgan fingerprint density at radius 1 is 1.27 bits per heavy atom. The van der Waals surface area contributed by atoms with E-state index >= 15 is 0 Å². The van der Waals surface area contributed by atoms with Gasteiger partial charge in [0.1, 0.15) is 11.5 Å². The molecule has 2 rings (SSSR count). The zero-order valence-corrected chi connectivity index (χ0v) is 10.0. The molecule has 1 atom stereocenters. The van der Waals surface area contributed by atoms with E-state index in [1.54, 1.807) is 11.3 Å². The van der Waals surface area contributed by atoms with Crippen molar-refractivity contribution in [1.82, 2.24) is 0 Å². The number of thiophene rings is 1. The van der Waals surface area contributed by atoms with Crippen molar-refractivity contribution >= 4 is 11.3 Å². The minimum Gasteiger partial charge on any atom is -0.466 e. The van der Waals surface area contributed by atoms with E-state index in [9.17, 15) is 0 Å². The fourth-order valence-electron chi connectivity index (χ4n) is 1.84. The van der Waals surface area contributed by atoms with Gasteiger partial charge < -0.3 is 10.2 Å². The highest BCUT2D eigenvalue weighted by Crippen LogP contribution is 2.29. The van der Waals surface area contributed by atoms with E-state index in [0.29, 0.717) is 0 Å². The van der Waals surface area contributed by atoms with Crippen LogP contribution in [0.3, 0.4) is 0 Å². The molecule has 0 aliphatic carbocycles. The summed E-state index contributed by atoms with van der Waals surface area (Å²) in [6.45, 7) is 6.01. The van der Waals surface area contributed by atoms with Gasteiger partial charge >= 0.3 is 0 Å². The van der Waals surface area contributed by atoms with E-state index in [0.717, 1.165) is 17.1 Å². The molecule has 0 saturated carbocycles. The Balaban J connectivity index is 2.40. The summed E-state index contributed by atoms with van der Waals surface area (Å²) in [5, 5.41) is 2.08. The third-order valence-corrected chi connectivity index (χ3v) is 3.51. The van der Waals surface area contributed by atoms with E-state index in [1.165, 1.54) is 10.4 Å². The van der Waals surface area contributed by atoms with Crippen molar-refractivity contribution in [3.05, 3.63) is 45.0 Å². The highest BCUT2D eigenvalue weighted by molar-refractivity contribution is 7.10. The zero-order chi connectivity index (χ0) is 11.0. The third kappa shape index (κ3) is 1.85. The van der Waals surface area contributed by atoms with E-state index in [1.807, 2.05) is 19.9 Å². The molecule has 1 unspecified atom stereocenters. The molecule has 2 aromatic heterocycles. The van der Waals surface area contributed by atoms with Gasteiger partial charge in [0.25, 0.3) is 0 Å². The fraction of sp³-hybridized carbons (Fsp3) is 0.333. The molecule has 0 aromatic carbocycles. The van der Waals surface area contributed by atoms with Crippen LogP contribution in [0.1, 0.15) is 33.6 Å². The fourth-order valence-corrected chi connectivity index (χ4v) is 2.59. The average Bonchev–Trinajstić information content (AvgIpc) is 2.71. The van der Waals surface area contributed by atoms with Crippen molar-refractivity contribution in [1.29, 1.82) is 0 Å². The second kappa shape index (κ2) is 3.83. The van der Waals surface area contributed by atoms with Crippen LogP contribution < -0.4 is 5.73 Å². The molecule has 15 heavy (non-hydrogen) atoms. The van der Waals surface area contributed by atoms with E-state index in [-0.39, 0.29) is 6.04 Å². The predicted octanol–water partition coefficient (Wildman–Crippen LogP) is 3.31. The number of hydrogen-bond donors (Lipinski definition) is 1. The Labute approximate surface area is 93.7 Å². The van der Waals surface area contributed by atoms with E-state index in [2.05, 4.69) is 18.4 Å². The molecule has 0 spiro atoms. The van der Waals surface area contributed by atoms with Crippen LogP contribution in [-0.4, -0.2) is 0 Å². The summed E-state index contributed by atoms with van der Waals surface area (Å²) in [4.78, 5) is 1.28. The summed E-state index contributed by atoms with van der Waals surface area (Å²) < 4.78 is 5.50. The average molecular weight is 221 g/mol. The van der Waals surface area contributed by atoms with Gasteiger partial charge in [-0.05, 0) is 43.8 Å². The van der Waals surface area contributed by atoms with Gasteiger partial charge in [0.05, 0.1) is 6.04 Å². The van der Waals surface area contributed by atoms with Crippen LogP contribution in [0.15, 0.2) is 21.9 Å². The smallest absolute Gasteiger partial charge is 0.106 e. The molecular weight excluding hydrogens is 206 g/mol. The monoisotopic (exact) mass is 221 g/mol. The molecule has 0 saturated heterocycles. The lowest BCUT2D eigenvalue weighted by Gasteiger charge is -2.10. The number of nitrogens with two attached hydrogens (primary N) is 1. The lowest BCUT2D eigenvalue weighted by Crippen LogP contribution is -2.12. The maximum atomic E-state index is 6.22.